The molecule has 5 rings (SSSR count). The van der Waals surface area contributed by atoms with Crippen molar-refractivity contribution >= 4 is 50.3 Å². The first-order valence-corrected chi connectivity index (χ1v) is 11.5. The van der Waals surface area contributed by atoms with Gasteiger partial charge in [-0.3, -0.25) is 4.79 Å². The van der Waals surface area contributed by atoms with Crippen molar-refractivity contribution in [2.75, 3.05) is 54.5 Å². The molecule has 0 bridgehead atoms. The molecular weight excluding hydrogens is 478 g/mol. The molecule has 2 fully saturated rings. The fraction of sp³-hybridized carbons (Fsp3) is 0.409. The number of nitrogens with one attached hydrogen (secondary N) is 1. The Kier molecular flexibility index (Phi) is 5.99. The number of pyridine rings is 1. The van der Waals surface area contributed by atoms with E-state index in [4.69, 9.17) is 14.1 Å². The van der Waals surface area contributed by atoms with Crippen LogP contribution in [-0.2, 0) is 4.74 Å². The maximum atomic E-state index is 12.9. The number of carbonyl (C=O) groups excluding carboxylic acids is 1. The Hall–Kier alpha value is -2.69. The second-order valence-corrected chi connectivity index (χ2v) is 8.76. The molecule has 2 aliphatic heterocycles. The molecule has 168 valence electrons. The molecule has 0 saturated carbocycles. The van der Waals surface area contributed by atoms with Crippen molar-refractivity contribution in [1.82, 2.24) is 9.97 Å². The number of nitrogens with zero attached hydrogens (tertiary/aromatic N) is 4. The summed E-state index contributed by atoms with van der Waals surface area (Å²) < 4.78 is 12.1. The molecule has 0 aliphatic carbocycles. The number of aliphatic hydroxyl groups is 1. The van der Waals surface area contributed by atoms with Crippen molar-refractivity contribution in [3.8, 4) is 0 Å². The first-order chi connectivity index (χ1) is 15.6. The lowest BCUT2D eigenvalue weighted by Gasteiger charge is -2.32. The van der Waals surface area contributed by atoms with Crippen LogP contribution in [0.1, 0.15) is 23.3 Å². The van der Waals surface area contributed by atoms with E-state index in [1.54, 1.807) is 18.2 Å². The Bertz CT molecular complexity index is 1120. The number of aliphatic hydroxyl groups excluding tert-OH is 1. The van der Waals surface area contributed by atoms with Gasteiger partial charge in [-0.2, -0.15) is 4.98 Å². The highest BCUT2D eigenvalue weighted by atomic mass is 79.9. The van der Waals surface area contributed by atoms with Crippen molar-refractivity contribution in [1.29, 1.82) is 0 Å². The van der Waals surface area contributed by atoms with Gasteiger partial charge in [-0.1, -0.05) is 6.07 Å². The summed E-state index contributed by atoms with van der Waals surface area (Å²) in [5.74, 6) is -0.308. The minimum absolute atomic E-state index is 0.293. The monoisotopic (exact) mass is 501 g/mol. The SMILES string of the molecule is O=C(Nc1cc2oc(N3CCOCC3)nc2cc1N1CCC(O)CC1)c1cccc(Br)n1. The second-order valence-electron chi connectivity index (χ2n) is 7.95. The highest BCUT2D eigenvalue weighted by molar-refractivity contribution is 9.10. The van der Waals surface area contributed by atoms with Gasteiger partial charge in [0.15, 0.2) is 5.58 Å². The maximum Gasteiger partial charge on any atom is 0.298 e. The van der Waals surface area contributed by atoms with Gasteiger partial charge >= 0.3 is 0 Å². The van der Waals surface area contributed by atoms with Gasteiger partial charge in [-0.25, -0.2) is 4.98 Å². The summed E-state index contributed by atoms with van der Waals surface area (Å²) in [6, 6.07) is 9.54. The average Bonchev–Trinajstić information content (AvgIpc) is 3.23. The van der Waals surface area contributed by atoms with Crippen LogP contribution in [0.15, 0.2) is 39.4 Å². The first kappa shape index (κ1) is 21.2. The Morgan fingerprint density at radius 1 is 1.09 bits per heavy atom. The molecule has 0 unspecified atom stereocenters. The van der Waals surface area contributed by atoms with Crippen LogP contribution in [-0.4, -0.2) is 66.5 Å². The van der Waals surface area contributed by atoms with Crippen LogP contribution in [0.3, 0.4) is 0 Å². The molecule has 2 N–H and O–H groups in total. The van der Waals surface area contributed by atoms with Crippen molar-refractivity contribution < 1.29 is 19.1 Å². The zero-order chi connectivity index (χ0) is 22.1. The standard InChI is InChI=1S/C22H24BrN5O4/c23-20-3-1-2-15(24-20)21(30)25-16-13-19-17(12-18(16)27-6-4-14(29)5-7-27)26-22(32-19)28-8-10-31-11-9-28/h1-3,12-14,29H,4-11H2,(H,25,30). The lowest BCUT2D eigenvalue weighted by molar-refractivity contribution is 0.102. The lowest BCUT2D eigenvalue weighted by Crippen LogP contribution is -2.36. The van der Waals surface area contributed by atoms with Crippen LogP contribution in [0.2, 0.25) is 0 Å². The van der Waals surface area contributed by atoms with Crippen molar-refractivity contribution in [3.63, 3.8) is 0 Å². The van der Waals surface area contributed by atoms with Gasteiger partial charge in [0, 0.05) is 32.2 Å². The van der Waals surface area contributed by atoms with Gasteiger partial charge in [0.2, 0.25) is 0 Å². The van der Waals surface area contributed by atoms with E-state index in [0.717, 1.165) is 24.3 Å². The normalized spacial score (nSPS) is 17.7. The zero-order valence-electron chi connectivity index (χ0n) is 17.5. The van der Waals surface area contributed by atoms with E-state index in [-0.39, 0.29) is 12.0 Å². The molecule has 32 heavy (non-hydrogen) atoms. The number of halogens is 1. The fourth-order valence-electron chi connectivity index (χ4n) is 4.03. The zero-order valence-corrected chi connectivity index (χ0v) is 19.0. The van der Waals surface area contributed by atoms with Crippen LogP contribution in [0.25, 0.3) is 11.1 Å². The van der Waals surface area contributed by atoms with E-state index in [0.29, 0.717) is 66.7 Å². The molecule has 2 aliphatic rings. The third-order valence-corrected chi connectivity index (χ3v) is 6.22. The number of anilines is 3. The first-order valence-electron chi connectivity index (χ1n) is 10.7. The largest absolute Gasteiger partial charge is 0.423 e. The van der Waals surface area contributed by atoms with Gasteiger partial charge in [0.05, 0.1) is 30.7 Å². The average molecular weight is 502 g/mol. The van der Waals surface area contributed by atoms with Gasteiger partial charge in [-0.05, 0) is 47.0 Å². The Morgan fingerprint density at radius 3 is 2.62 bits per heavy atom. The van der Waals surface area contributed by atoms with Gasteiger partial charge in [-0.15, -0.1) is 0 Å². The molecule has 3 aromatic rings. The Morgan fingerprint density at radius 2 is 1.88 bits per heavy atom. The number of carbonyl (C=O) groups is 1. The van der Waals surface area contributed by atoms with Crippen molar-refractivity contribution in [2.24, 2.45) is 0 Å². The number of rotatable bonds is 4. The van der Waals surface area contributed by atoms with Crippen molar-refractivity contribution in [2.45, 2.75) is 18.9 Å². The summed E-state index contributed by atoms with van der Waals surface area (Å²) in [5.41, 5.74) is 3.13. The molecule has 1 aromatic carbocycles. The highest BCUT2D eigenvalue weighted by Crippen LogP contribution is 2.35. The minimum atomic E-state index is -0.308. The number of fused-ring (bicyclic) bond motifs is 1. The molecule has 1 amide bonds. The molecule has 2 aromatic heterocycles. The molecule has 4 heterocycles. The Balaban J connectivity index is 1.50. The number of oxazole rings is 1. The number of hydrogen-bond acceptors (Lipinski definition) is 8. The van der Waals surface area contributed by atoms with E-state index in [9.17, 15) is 9.90 Å². The van der Waals surface area contributed by atoms with Crippen LogP contribution in [0.5, 0.6) is 0 Å². The van der Waals surface area contributed by atoms with Gasteiger partial charge in [0.1, 0.15) is 15.8 Å². The summed E-state index contributed by atoms with van der Waals surface area (Å²) >= 11 is 3.31. The van der Waals surface area contributed by atoms with Crippen LogP contribution < -0.4 is 15.1 Å². The number of benzene rings is 1. The lowest BCUT2D eigenvalue weighted by atomic mass is 10.1. The quantitative estimate of drug-likeness (QED) is 0.525. The number of ether oxygens (including phenoxy) is 1. The topological polar surface area (TPSA) is 104 Å². The fourth-order valence-corrected chi connectivity index (χ4v) is 4.37. The minimum Gasteiger partial charge on any atom is -0.423 e. The highest BCUT2D eigenvalue weighted by Gasteiger charge is 2.24. The third kappa shape index (κ3) is 4.43. The number of piperidine rings is 1. The predicted octanol–water partition coefficient (Wildman–Crippen LogP) is 3.04. The number of morpholine rings is 1. The van der Waals surface area contributed by atoms with E-state index in [1.807, 2.05) is 12.1 Å². The molecule has 9 nitrogen and oxygen atoms in total. The summed E-state index contributed by atoms with van der Waals surface area (Å²) in [4.78, 5) is 26.1. The van der Waals surface area contributed by atoms with Crippen LogP contribution >= 0.6 is 15.9 Å². The van der Waals surface area contributed by atoms with Crippen LogP contribution in [0, 0.1) is 0 Å². The Labute approximate surface area is 193 Å². The van der Waals surface area contributed by atoms with Crippen LogP contribution in [0.4, 0.5) is 17.4 Å². The van der Waals surface area contributed by atoms with E-state index in [1.165, 1.54) is 0 Å². The predicted molar refractivity (Wildman–Crippen MR) is 124 cm³/mol. The number of aromatic nitrogens is 2. The molecule has 0 atom stereocenters. The van der Waals surface area contributed by atoms with Gasteiger partial charge < -0.3 is 29.4 Å². The van der Waals surface area contributed by atoms with E-state index < -0.39 is 0 Å². The van der Waals surface area contributed by atoms with Crippen molar-refractivity contribution in [3.05, 3.63) is 40.6 Å². The van der Waals surface area contributed by atoms with E-state index in [2.05, 4.69) is 36.0 Å². The molecule has 10 heteroatoms. The third-order valence-electron chi connectivity index (χ3n) is 5.78. The number of amides is 1. The summed E-state index contributed by atoms with van der Waals surface area (Å²) in [6.45, 7) is 4.11. The second kappa shape index (κ2) is 9.05. The number of hydrogen-bond donors (Lipinski definition) is 2. The molecular formula is C22H24BrN5O4. The van der Waals surface area contributed by atoms with Gasteiger partial charge in [0.25, 0.3) is 11.9 Å². The summed E-state index contributed by atoms with van der Waals surface area (Å²) in [7, 11) is 0. The maximum absolute atomic E-state index is 12.9. The molecule has 2 saturated heterocycles. The summed E-state index contributed by atoms with van der Waals surface area (Å²) in [6.07, 6.45) is 1.06. The molecule has 0 radical (unpaired) electrons. The smallest absolute Gasteiger partial charge is 0.298 e. The summed E-state index contributed by atoms with van der Waals surface area (Å²) in [5, 5.41) is 12.9. The molecule has 0 spiro atoms. The van der Waals surface area contributed by atoms with E-state index >= 15 is 0 Å².